The molecule has 0 fully saturated rings. The highest BCUT2D eigenvalue weighted by atomic mass is 16.6. The van der Waals surface area contributed by atoms with E-state index >= 15 is 0 Å². The SMILES string of the molecule is C=CC[C@@H]1CC(C)=C[C@H](CC=C)N1.O=[N+]([O-])c1cc([N+](=O)[O-])c(O)c([N+](=O)[O-])c1. The number of hydrogen-bond acceptors (Lipinski definition) is 8. The Morgan fingerprint density at radius 2 is 1.59 bits per heavy atom. The lowest BCUT2D eigenvalue weighted by Crippen LogP contribution is -2.40. The number of phenols is 1. The van der Waals surface area contributed by atoms with E-state index in [0.29, 0.717) is 24.2 Å². The fourth-order valence-corrected chi connectivity index (χ4v) is 2.85. The minimum Gasteiger partial charge on any atom is -0.497 e. The molecule has 156 valence electrons. The van der Waals surface area contributed by atoms with Crippen LogP contribution < -0.4 is 5.32 Å². The molecule has 0 radical (unpaired) electrons. The quantitative estimate of drug-likeness (QED) is 0.391. The summed E-state index contributed by atoms with van der Waals surface area (Å²) in [7, 11) is 0. The third-order valence-corrected chi connectivity index (χ3v) is 4.03. The molecule has 0 bridgehead atoms. The average Bonchev–Trinajstić information content (AvgIpc) is 2.61. The van der Waals surface area contributed by atoms with E-state index in [4.69, 9.17) is 5.11 Å². The molecule has 0 aromatic heterocycles. The predicted octanol–water partition coefficient (Wildman–Crippen LogP) is 3.93. The Morgan fingerprint density at radius 1 is 1.07 bits per heavy atom. The lowest BCUT2D eigenvalue weighted by atomic mass is 9.95. The fraction of sp³-hybridized carbons (Fsp3) is 0.333. The van der Waals surface area contributed by atoms with E-state index in [-0.39, 0.29) is 0 Å². The first-order chi connectivity index (χ1) is 13.6. The molecule has 2 N–H and O–H groups in total. The molecule has 0 aliphatic carbocycles. The Bertz CT molecular complexity index is 816. The molecule has 0 spiro atoms. The van der Waals surface area contributed by atoms with E-state index < -0.39 is 37.6 Å². The van der Waals surface area contributed by atoms with Gasteiger partial charge in [-0.2, -0.15) is 0 Å². The minimum absolute atomic E-state index is 0.447. The Kier molecular flexibility index (Phi) is 8.62. The maximum atomic E-state index is 10.4. The molecule has 0 unspecified atom stereocenters. The van der Waals surface area contributed by atoms with Crippen LogP contribution in [0.2, 0.25) is 0 Å². The number of nitro groups is 3. The Morgan fingerprint density at radius 3 is 2.00 bits per heavy atom. The summed E-state index contributed by atoms with van der Waals surface area (Å²) in [6, 6.07) is 1.95. The molecular weight excluding hydrogens is 384 g/mol. The topological polar surface area (TPSA) is 162 Å². The van der Waals surface area contributed by atoms with Gasteiger partial charge >= 0.3 is 11.4 Å². The minimum atomic E-state index is -1.21. The summed E-state index contributed by atoms with van der Waals surface area (Å²) in [5.74, 6) is -1.21. The summed E-state index contributed by atoms with van der Waals surface area (Å²) in [5.41, 5.74) is -1.52. The number of nitrogens with one attached hydrogen (secondary N) is 1. The van der Waals surface area contributed by atoms with Crippen LogP contribution in [-0.4, -0.2) is 32.0 Å². The van der Waals surface area contributed by atoms with Crippen molar-refractivity contribution in [3.8, 4) is 5.75 Å². The van der Waals surface area contributed by atoms with Crippen LogP contribution in [0.4, 0.5) is 17.1 Å². The van der Waals surface area contributed by atoms with Crippen LogP contribution in [0, 0.1) is 30.3 Å². The van der Waals surface area contributed by atoms with E-state index in [9.17, 15) is 30.3 Å². The molecule has 1 aromatic rings. The molecule has 29 heavy (non-hydrogen) atoms. The van der Waals surface area contributed by atoms with Gasteiger partial charge in [-0.1, -0.05) is 23.8 Å². The molecule has 11 nitrogen and oxygen atoms in total. The molecule has 2 rings (SSSR count). The molecule has 0 saturated heterocycles. The van der Waals surface area contributed by atoms with Gasteiger partial charge in [-0.25, -0.2) is 0 Å². The number of aromatic hydroxyl groups is 1. The standard InChI is InChI=1S/C12H19N.C6H3N3O7/c1-4-6-11-8-10(3)9-12(13-11)7-5-2;10-6-4(8(13)14)1-3(7(11)12)2-5(6)9(15)16/h4-5,8,11-13H,1-2,6-7,9H2,3H3;1-2,10H/t11-,12+;/m0./s1. The van der Waals surface area contributed by atoms with Crippen molar-refractivity contribution in [3.05, 3.63) is 79.4 Å². The van der Waals surface area contributed by atoms with Crippen LogP contribution in [0.3, 0.4) is 0 Å². The summed E-state index contributed by atoms with van der Waals surface area (Å²) in [5, 5.41) is 43.8. The van der Waals surface area contributed by atoms with Gasteiger partial charge in [0.15, 0.2) is 0 Å². The smallest absolute Gasteiger partial charge is 0.324 e. The van der Waals surface area contributed by atoms with Crippen molar-refractivity contribution >= 4 is 17.1 Å². The Labute approximate surface area is 166 Å². The molecule has 2 atom stereocenters. The van der Waals surface area contributed by atoms with Gasteiger partial charge < -0.3 is 10.4 Å². The van der Waals surface area contributed by atoms with Crippen LogP contribution in [0.5, 0.6) is 5.75 Å². The molecule has 1 aliphatic rings. The van der Waals surface area contributed by atoms with Gasteiger partial charge in [-0.05, 0) is 26.2 Å². The second-order valence-electron chi connectivity index (χ2n) is 6.34. The largest absolute Gasteiger partial charge is 0.497 e. The number of phenolic OH excluding ortho intramolecular Hbond substituents is 1. The van der Waals surface area contributed by atoms with Gasteiger partial charge in [0.25, 0.3) is 11.4 Å². The molecule has 11 heteroatoms. The van der Waals surface area contributed by atoms with Crippen molar-refractivity contribution in [3.63, 3.8) is 0 Å². The molecule has 0 saturated carbocycles. The van der Waals surface area contributed by atoms with Crippen LogP contribution in [-0.2, 0) is 0 Å². The Balaban J connectivity index is 0.000000296. The molecular formula is C18H22N4O7. The van der Waals surface area contributed by atoms with Crippen molar-refractivity contribution in [1.29, 1.82) is 0 Å². The van der Waals surface area contributed by atoms with Gasteiger partial charge in [-0.3, -0.25) is 30.3 Å². The highest BCUT2D eigenvalue weighted by Crippen LogP contribution is 2.38. The van der Waals surface area contributed by atoms with Crippen molar-refractivity contribution in [2.24, 2.45) is 0 Å². The molecule has 1 aromatic carbocycles. The van der Waals surface area contributed by atoms with E-state index in [1.54, 1.807) is 0 Å². The average molecular weight is 406 g/mol. The van der Waals surface area contributed by atoms with Crippen LogP contribution >= 0.6 is 0 Å². The summed E-state index contributed by atoms with van der Waals surface area (Å²) >= 11 is 0. The fourth-order valence-electron chi connectivity index (χ4n) is 2.85. The van der Waals surface area contributed by atoms with Gasteiger partial charge in [0.2, 0.25) is 0 Å². The van der Waals surface area contributed by atoms with Gasteiger partial charge in [0, 0.05) is 12.1 Å². The van der Waals surface area contributed by atoms with Crippen molar-refractivity contribution < 1.29 is 19.9 Å². The van der Waals surface area contributed by atoms with E-state index in [0.717, 1.165) is 19.3 Å². The maximum absolute atomic E-state index is 10.4. The second-order valence-corrected chi connectivity index (χ2v) is 6.34. The number of rotatable bonds is 7. The van der Waals surface area contributed by atoms with Crippen molar-refractivity contribution in [1.82, 2.24) is 5.32 Å². The van der Waals surface area contributed by atoms with Crippen LogP contribution in [0.25, 0.3) is 0 Å². The summed E-state index contributed by atoms with van der Waals surface area (Å²) in [4.78, 5) is 27.8. The number of nitrogens with zero attached hydrogens (tertiary/aromatic N) is 3. The van der Waals surface area contributed by atoms with Crippen molar-refractivity contribution in [2.45, 2.75) is 38.3 Å². The normalized spacial score (nSPS) is 17.9. The highest BCUT2D eigenvalue weighted by Gasteiger charge is 2.30. The second kappa shape index (κ2) is 10.7. The molecule has 1 heterocycles. The monoisotopic (exact) mass is 406 g/mol. The van der Waals surface area contributed by atoms with Gasteiger partial charge in [0.05, 0.1) is 26.9 Å². The zero-order chi connectivity index (χ0) is 22.1. The van der Waals surface area contributed by atoms with E-state index in [2.05, 4.69) is 31.5 Å². The van der Waals surface area contributed by atoms with Gasteiger partial charge in [0.1, 0.15) is 0 Å². The number of nitro benzene ring substituents is 3. The first kappa shape index (κ1) is 23.4. The number of benzene rings is 1. The number of hydrogen-bond donors (Lipinski definition) is 2. The summed E-state index contributed by atoms with van der Waals surface area (Å²) < 4.78 is 0. The third kappa shape index (κ3) is 6.81. The lowest BCUT2D eigenvalue weighted by Gasteiger charge is -2.28. The van der Waals surface area contributed by atoms with Crippen molar-refractivity contribution in [2.75, 3.05) is 0 Å². The zero-order valence-corrected chi connectivity index (χ0v) is 15.8. The van der Waals surface area contributed by atoms with E-state index in [1.165, 1.54) is 5.57 Å². The molecule has 1 aliphatic heterocycles. The summed E-state index contributed by atoms with van der Waals surface area (Å²) in [6.45, 7) is 9.73. The van der Waals surface area contributed by atoms with Crippen LogP contribution in [0.1, 0.15) is 26.2 Å². The first-order valence-electron chi connectivity index (χ1n) is 8.56. The Hall–Kier alpha value is -3.60. The predicted molar refractivity (Wildman–Crippen MR) is 107 cm³/mol. The third-order valence-electron chi connectivity index (χ3n) is 4.03. The van der Waals surface area contributed by atoms with Gasteiger partial charge in [-0.15, -0.1) is 13.2 Å². The van der Waals surface area contributed by atoms with E-state index in [1.807, 2.05) is 12.2 Å². The summed E-state index contributed by atoms with van der Waals surface area (Å²) in [6.07, 6.45) is 9.49. The zero-order valence-electron chi connectivity index (χ0n) is 15.8. The molecule has 0 amide bonds. The lowest BCUT2D eigenvalue weighted by molar-refractivity contribution is -0.404. The van der Waals surface area contributed by atoms with Crippen LogP contribution in [0.15, 0.2) is 49.1 Å². The highest BCUT2D eigenvalue weighted by molar-refractivity contribution is 5.64. The number of non-ortho nitro benzene ring substituents is 1. The first-order valence-corrected chi connectivity index (χ1v) is 8.56. The maximum Gasteiger partial charge on any atom is 0.324 e.